The number of hydrogen-bond acceptors (Lipinski definition) is 3. The monoisotopic (exact) mass is 366 g/mol. The molecular formula is C21H26N4O2. The summed E-state index contributed by atoms with van der Waals surface area (Å²) in [6.07, 6.45) is -0.177. The molecule has 1 aromatic heterocycles. The summed E-state index contributed by atoms with van der Waals surface area (Å²) in [6, 6.07) is 17.8. The van der Waals surface area contributed by atoms with Crippen LogP contribution in [-0.4, -0.2) is 41.2 Å². The van der Waals surface area contributed by atoms with E-state index in [0.29, 0.717) is 13.1 Å². The summed E-state index contributed by atoms with van der Waals surface area (Å²) in [7, 11) is 3.43. The van der Waals surface area contributed by atoms with E-state index >= 15 is 0 Å². The molecule has 0 saturated heterocycles. The molecule has 0 radical (unpaired) electrons. The Bertz CT molecular complexity index is 892. The lowest BCUT2D eigenvalue weighted by atomic mass is 10.1. The number of carbonyl (C=O) groups excluding carboxylic acids is 1. The number of methoxy groups -OCH3 is 1. The highest BCUT2D eigenvalue weighted by atomic mass is 16.5. The van der Waals surface area contributed by atoms with Crippen molar-refractivity contribution in [2.75, 3.05) is 20.7 Å². The molecule has 6 heteroatoms. The van der Waals surface area contributed by atoms with Crippen LogP contribution >= 0.6 is 0 Å². The Kier molecular flexibility index (Phi) is 6.08. The van der Waals surface area contributed by atoms with Gasteiger partial charge >= 0.3 is 6.03 Å². The number of fused-ring (bicyclic) bond motifs is 1. The Labute approximate surface area is 159 Å². The number of aromatic nitrogens is 2. The fourth-order valence-electron chi connectivity index (χ4n) is 3.20. The molecule has 0 fully saturated rings. The molecule has 27 heavy (non-hydrogen) atoms. The van der Waals surface area contributed by atoms with Gasteiger partial charge in [-0.2, -0.15) is 0 Å². The van der Waals surface area contributed by atoms with Gasteiger partial charge in [-0.25, -0.2) is 9.78 Å². The molecule has 1 atom stereocenters. The van der Waals surface area contributed by atoms with E-state index in [1.54, 1.807) is 19.1 Å². The first kappa shape index (κ1) is 18.9. The highest BCUT2D eigenvalue weighted by Crippen LogP contribution is 2.17. The zero-order chi connectivity index (χ0) is 19.2. The summed E-state index contributed by atoms with van der Waals surface area (Å²) in [5.74, 6) is 0.878. The molecule has 2 amide bonds. The summed E-state index contributed by atoms with van der Waals surface area (Å²) in [6.45, 7) is 3.75. The van der Waals surface area contributed by atoms with Gasteiger partial charge in [0.1, 0.15) is 5.82 Å². The van der Waals surface area contributed by atoms with Gasteiger partial charge in [0.15, 0.2) is 0 Å². The minimum absolute atomic E-state index is 0.150. The van der Waals surface area contributed by atoms with E-state index in [9.17, 15) is 4.79 Å². The van der Waals surface area contributed by atoms with Crippen LogP contribution in [0.4, 0.5) is 4.79 Å². The molecule has 142 valence electrons. The van der Waals surface area contributed by atoms with Crippen molar-refractivity contribution >= 4 is 17.1 Å². The molecule has 2 aromatic carbocycles. The quantitative estimate of drug-likeness (QED) is 0.695. The van der Waals surface area contributed by atoms with Crippen LogP contribution in [0.15, 0.2) is 54.6 Å². The summed E-state index contributed by atoms with van der Waals surface area (Å²) in [5.41, 5.74) is 3.08. The third kappa shape index (κ3) is 4.28. The zero-order valence-electron chi connectivity index (χ0n) is 16.1. The molecule has 0 saturated carbocycles. The van der Waals surface area contributed by atoms with Crippen molar-refractivity contribution in [2.45, 2.75) is 26.1 Å². The number of carbonyl (C=O) groups is 1. The molecule has 0 bridgehead atoms. The second-order valence-corrected chi connectivity index (χ2v) is 6.44. The lowest BCUT2D eigenvalue weighted by Gasteiger charge is -2.21. The van der Waals surface area contributed by atoms with Crippen LogP contribution in [0.5, 0.6) is 0 Å². The Morgan fingerprint density at radius 1 is 1.19 bits per heavy atom. The standard InChI is InChI=1S/C21H26N4O2/c1-4-25-18-13-9-8-12-17(18)23-20(25)15-24(2)21(26)22-14-19(27-3)16-10-6-5-7-11-16/h5-13,19H,4,14-15H2,1-3H3,(H,22,26)/t19-/m0/s1. The second kappa shape index (κ2) is 8.68. The minimum atomic E-state index is -0.177. The summed E-state index contributed by atoms with van der Waals surface area (Å²) >= 11 is 0. The van der Waals surface area contributed by atoms with Crippen LogP contribution in [0.1, 0.15) is 24.4 Å². The first-order valence-electron chi connectivity index (χ1n) is 9.14. The topological polar surface area (TPSA) is 59.4 Å². The average molecular weight is 366 g/mol. The van der Waals surface area contributed by atoms with Crippen molar-refractivity contribution in [3.05, 3.63) is 66.0 Å². The number of urea groups is 1. The van der Waals surface area contributed by atoms with Gasteiger partial charge < -0.3 is 19.5 Å². The molecule has 3 rings (SSSR count). The number of rotatable bonds is 7. The van der Waals surface area contributed by atoms with Gasteiger partial charge in [0.2, 0.25) is 0 Å². The number of imidazole rings is 1. The smallest absolute Gasteiger partial charge is 0.317 e. The number of hydrogen-bond donors (Lipinski definition) is 1. The Balaban J connectivity index is 1.64. The van der Waals surface area contributed by atoms with Gasteiger partial charge in [0.05, 0.1) is 23.7 Å². The van der Waals surface area contributed by atoms with Crippen molar-refractivity contribution in [2.24, 2.45) is 0 Å². The second-order valence-electron chi connectivity index (χ2n) is 6.44. The average Bonchev–Trinajstić information content (AvgIpc) is 3.05. The first-order chi connectivity index (χ1) is 13.1. The Morgan fingerprint density at radius 3 is 2.59 bits per heavy atom. The molecule has 1 N–H and O–H groups in total. The zero-order valence-corrected chi connectivity index (χ0v) is 16.1. The molecule has 6 nitrogen and oxygen atoms in total. The highest BCUT2D eigenvalue weighted by molar-refractivity contribution is 5.76. The number of benzene rings is 2. The van der Waals surface area contributed by atoms with Crippen LogP contribution in [0.25, 0.3) is 11.0 Å². The molecular weight excluding hydrogens is 340 g/mol. The van der Waals surface area contributed by atoms with Crippen molar-refractivity contribution < 1.29 is 9.53 Å². The number of ether oxygens (including phenoxy) is 1. The number of aryl methyl sites for hydroxylation is 1. The number of nitrogens with zero attached hydrogens (tertiary/aromatic N) is 3. The maximum absolute atomic E-state index is 12.5. The molecule has 1 heterocycles. The van der Waals surface area contributed by atoms with Crippen LogP contribution < -0.4 is 5.32 Å². The maximum Gasteiger partial charge on any atom is 0.317 e. The minimum Gasteiger partial charge on any atom is -0.375 e. The summed E-state index contributed by atoms with van der Waals surface area (Å²) in [4.78, 5) is 18.9. The van der Waals surface area contributed by atoms with E-state index in [1.807, 2.05) is 48.5 Å². The molecule has 3 aromatic rings. The lowest BCUT2D eigenvalue weighted by Crippen LogP contribution is -2.39. The van der Waals surface area contributed by atoms with Crippen molar-refractivity contribution in [3.8, 4) is 0 Å². The van der Waals surface area contributed by atoms with Gasteiger partial charge in [-0.3, -0.25) is 0 Å². The number of nitrogens with one attached hydrogen (secondary N) is 1. The molecule has 0 aliphatic carbocycles. The van der Waals surface area contributed by atoms with Gasteiger partial charge in [-0.15, -0.1) is 0 Å². The third-order valence-electron chi connectivity index (χ3n) is 4.67. The first-order valence-corrected chi connectivity index (χ1v) is 9.14. The SMILES string of the molecule is CCn1c(CN(C)C(=O)NC[C@H](OC)c2ccccc2)nc2ccccc21. The largest absolute Gasteiger partial charge is 0.375 e. The van der Waals surface area contributed by atoms with Crippen LogP contribution in [0.2, 0.25) is 0 Å². The van der Waals surface area contributed by atoms with Crippen molar-refractivity contribution in [1.82, 2.24) is 19.8 Å². The van der Waals surface area contributed by atoms with E-state index in [1.165, 1.54) is 0 Å². The van der Waals surface area contributed by atoms with E-state index in [4.69, 9.17) is 4.74 Å². The van der Waals surface area contributed by atoms with Crippen molar-refractivity contribution in [3.63, 3.8) is 0 Å². The normalized spacial score (nSPS) is 12.1. The predicted octanol–water partition coefficient (Wildman–Crippen LogP) is 3.59. The van der Waals surface area contributed by atoms with Crippen molar-refractivity contribution in [1.29, 1.82) is 0 Å². The van der Waals surface area contributed by atoms with Crippen LogP contribution in [0.3, 0.4) is 0 Å². The predicted molar refractivity (Wildman–Crippen MR) is 106 cm³/mol. The summed E-state index contributed by atoms with van der Waals surface area (Å²) < 4.78 is 7.65. The maximum atomic E-state index is 12.5. The molecule has 0 unspecified atom stereocenters. The fraction of sp³-hybridized carbons (Fsp3) is 0.333. The van der Waals surface area contributed by atoms with Crippen LogP contribution in [0, 0.1) is 0 Å². The number of amides is 2. The molecule has 0 aliphatic heterocycles. The Morgan fingerprint density at radius 2 is 1.89 bits per heavy atom. The van der Waals surface area contributed by atoms with E-state index in [2.05, 4.69) is 27.9 Å². The van der Waals surface area contributed by atoms with E-state index < -0.39 is 0 Å². The van der Waals surface area contributed by atoms with E-state index in [0.717, 1.165) is 29.0 Å². The number of para-hydroxylation sites is 2. The van der Waals surface area contributed by atoms with E-state index in [-0.39, 0.29) is 12.1 Å². The lowest BCUT2D eigenvalue weighted by molar-refractivity contribution is 0.102. The van der Waals surface area contributed by atoms with Gasteiger partial charge in [0, 0.05) is 27.2 Å². The molecule has 0 aliphatic rings. The van der Waals surface area contributed by atoms with Gasteiger partial charge in [-0.1, -0.05) is 42.5 Å². The van der Waals surface area contributed by atoms with Gasteiger partial charge in [-0.05, 0) is 24.6 Å². The summed E-state index contributed by atoms with van der Waals surface area (Å²) in [5, 5.41) is 2.95. The molecule has 0 spiro atoms. The fourth-order valence-corrected chi connectivity index (χ4v) is 3.20. The van der Waals surface area contributed by atoms with Crippen LogP contribution in [-0.2, 0) is 17.8 Å². The Hall–Kier alpha value is -2.86. The highest BCUT2D eigenvalue weighted by Gasteiger charge is 2.17. The van der Waals surface area contributed by atoms with Gasteiger partial charge in [0.25, 0.3) is 0 Å². The third-order valence-corrected chi connectivity index (χ3v) is 4.67.